The molecule has 0 amide bonds. The van der Waals surface area contributed by atoms with Crippen LogP contribution in [0, 0.1) is 0 Å². The zero-order valence-corrected chi connectivity index (χ0v) is 12.2. The van der Waals surface area contributed by atoms with Gasteiger partial charge in [-0.1, -0.05) is 18.6 Å². The molecule has 4 heteroatoms. The Bertz CT molecular complexity index is 553. The van der Waals surface area contributed by atoms with Crippen LogP contribution in [0.15, 0.2) is 42.7 Å². The van der Waals surface area contributed by atoms with Gasteiger partial charge in [-0.3, -0.25) is 0 Å². The Hall–Kier alpha value is -2.10. The summed E-state index contributed by atoms with van der Waals surface area (Å²) in [5.74, 6) is 1.62. The van der Waals surface area contributed by atoms with Gasteiger partial charge >= 0.3 is 0 Å². The van der Waals surface area contributed by atoms with Gasteiger partial charge in [0.25, 0.3) is 0 Å². The van der Waals surface area contributed by atoms with Crippen LogP contribution in [-0.2, 0) is 6.54 Å². The van der Waals surface area contributed by atoms with Gasteiger partial charge in [0.2, 0.25) is 5.95 Å². The van der Waals surface area contributed by atoms with Gasteiger partial charge in [-0.25, -0.2) is 9.97 Å². The van der Waals surface area contributed by atoms with Crippen LogP contribution in [0.5, 0.6) is 5.75 Å². The summed E-state index contributed by atoms with van der Waals surface area (Å²) in [5.41, 5.74) is 1.18. The van der Waals surface area contributed by atoms with Crippen LogP contribution in [0.4, 0.5) is 5.95 Å². The summed E-state index contributed by atoms with van der Waals surface area (Å²) in [6.07, 6.45) is 10.1. The first-order valence-electron chi connectivity index (χ1n) is 7.67. The van der Waals surface area contributed by atoms with Crippen molar-refractivity contribution in [2.45, 2.75) is 44.8 Å². The van der Waals surface area contributed by atoms with Crippen LogP contribution < -0.4 is 10.1 Å². The number of nitrogens with zero attached hydrogens (tertiary/aromatic N) is 2. The molecule has 0 unspecified atom stereocenters. The molecule has 0 spiro atoms. The van der Waals surface area contributed by atoms with E-state index in [9.17, 15) is 0 Å². The molecule has 1 N–H and O–H groups in total. The number of hydrogen-bond acceptors (Lipinski definition) is 4. The number of benzene rings is 1. The normalized spacial score (nSPS) is 15.6. The van der Waals surface area contributed by atoms with Gasteiger partial charge in [0.05, 0.1) is 6.10 Å². The smallest absolute Gasteiger partial charge is 0.222 e. The van der Waals surface area contributed by atoms with E-state index in [4.69, 9.17) is 4.74 Å². The molecule has 1 aliphatic rings. The molecule has 0 aliphatic heterocycles. The minimum atomic E-state index is 0.388. The Labute approximate surface area is 125 Å². The Morgan fingerprint density at radius 3 is 2.67 bits per heavy atom. The molecule has 21 heavy (non-hydrogen) atoms. The van der Waals surface area contributed by atoms with Crippen molar-refractivity contribution >= 4 is 5.95 Å². The fourth-order valence-electron chi connectivity index (χ4n) is 2.68. The van der Waals surface area contributed by atoms with Crippen LogP contribution in [0.25, 0.3) is 0 Å². The van der Waals surface area contributed by atoms with E-state index < -0.39 is 0 Å². The third kappa shape index (κ3) is 4.18. The Balaban J connectivity index is 1.57. The quantitative estimate of drug-likeness (QED) is 0.906. The standard InChI is InChI=1S/C17H21N3O/c1-2-7-15(8-3-1)21-16-9-4-6-14(12-16)13-20-17-18-10-5-11-19-17/h4-6,9-12,15H,1-3,7-8,13H2,(H,18,19,20). The zero-order chi connectivity index (χ0) is 14.3. The zero-order valence-electron chi connectivity index (χ0n) is 12.2. The first-order chi connectivity index (χ1) is 10.4. The Morgan fingerprint density at radius 2 is 1.86 bits per heavy atom. The number of nitrogens with one attached hydrogen (secondary N) is 1. The molecular weight excluding hydrogens is 262 g/mol. The van der Waals surface area contributed by atoms with Crippen molar-refractivity contribution in [1.82, 2.24) is 9.97 Å². The molecule has 110 valence electrons. The predicted octanol–water partition coefficient (Wildman–Crippen LogP) is 3.80. The lowest BCUT2D eigenvalue weighted by molar-refractivity contribution is 0.155. The van der Waals surface area contributed by atoms with E-state index in [1.807, 2.05) is 18.2 Å². The molecule has 0 radical (unpaired) electrons. The van der Waals surface area contributed by atoms with E-state index in [2.05, 4.69) is 27.4 Å². The molecule has 3 rings (SSSR count). The van der Waals surface area contributed by atoms with Gasteiger partial charge in [0, 0.05) is 18.9 Å². The second-order valence-corrected chi connectivity index (χ2v) is 5.45. The molecule has 2 aromatic rings. The van der Waals surface area contributed by atoms with Crippen LogP contribution >= 0.6 is 0 Å². The second kappa shape index (κ2) is 7.07. The van der Waals surface area contributed by atoms with Crippen LogP contribution in [0.3, 0.4) is 0 Å². The van der Waals surface area contributed by atoms with Crippen molar-refractivity contribution < 1.29 is 4.74 Å². The summed E-state index contributed by atoms with van der Waals surface area (Å²) in [6.45, 7) is 0.700. The van der Waals surface area contributed by atoms with Crippen LogP contribution in [0.1, 0.15) is 37.7 Å². The second-order valence-electron chi connectivity index (χ2n) is 5.45. The minimum absolute atomic E-state index is 0.388. The summed E-state index contributed by atoms with van der Waals surface area (Å²) in [7, 11) is 0. The third-order valence-corrected chi connectivity index (χ3v) is 3.77. The fourth-order valence-corrected chi connectivity index (χ4v) is 2.68. The highest BCUT2D eigenvalue weighted by atomic mass is 16.5. The molecule has 4 nitrogen and oxygen atoms in total. The van der Waals surface area contributed by atoms with Gasteiger partial charge < -0.3 is 10.1 Å². The summed E-state index contributed by atoms with van der Waals surface area (Å²) >= 11 is 0. The molecule has 1 aliphatic carbocycles. The summed E-state index contributed by atoms with van der Waals surface area (Å²) < 4.78 is 6.09. The van der Waals surface area contributed by atoms with Crippen molar-refractivity contribution in [2.24, 2.45) is 0 Å². The average Bonchev–Trinajstić information content (AvgIpc) is 2.55. The maximum atomic E-state index is 6.09. The molecular formula is C17H21N3O. The molecule has 1 heterocycles. The molecule has 0 atom stereocenters. The van der Waals surface area contributed by atoms with E-state index in [1.165, 1.54) is 37.7 Å². The predicted molar refractivity (Wildman–Crippen MR) is 83.3 cm³/mol. The van der Waals surface area contributed by atoms with Crippen LogP contribution in [-0.4, -0.2) is 16.1 Å². The van der Waals surface area contributed by atoms with E-state index in [0.29, 0.717) is 18.6 Å². The molecule has 0 bridgehead atoms. The van der Waals surface area contributed by atoms with Crippen molar-refractivity contribution in [2.75, 3.05) is 5.32 Å². The third-order valence-electron chi connectivity index (χ3n) is 3.77. The number of hydrogen-bond donors (Lipinski definition) is 1. The van der Waals surface area contributed by atoms with Crippen LogP contribution in [0.2, 0.25) is 0 Å². The van der Waals surface area contributed by atoms with E-state index in [0.717, 1.165) is 5.75 Å². The molecule has 1 aromatic carbocycles. The van der Waals surface area contributed by atoms with Crippen molar-refractivity contribution in [3.05, 3.63) is 48.3 Å². The lowest BCUT2D eigenvalue weighted by atomic mass is 9.98. The summed E-state index contributed by atoms with van der Waals surface area (Å²) in [5, 5.41) is 3.21. The molecule has 1 aromatic heterocycles. The van der Waals surface area contributed by atoms with Gasteiger partial charge in [-0.15, -0.1) is 0 Å². The Morgan fingerprint density at radius 1 is 1.05 bits per heavy atom. The van der Waals surface area contributed by atoms with E-state index in [-0.39, 0.29) is 0 Å². The van der Waals surface area contributed by atoms with Gasteiger partial charge in [0.1, 0.15) is 5.75 Å². The van der Waals surface area contributed by atoms with E-state index in [1.54, 1.807) is 12.4 Å². The van der Waals surface area contributed by atoms with Crippen molar-refractivity contribution in [3.63, 3.8) is 0 Å². The maximum Gasteiger partial charge on any atom is 0.222 e. The first kappa shape index (κ1) is 13.9. The monoisotopic (exact) mass is 283 g/mol. The molecule has 0 saturated heterocycles. The lowest BCUT2D eigenvalue weighted by Crippen LogP contribution is -2.19. The van der Waals surface area contributed by atoms with Gasteiger partial charge in [-0.05, 0) is 49.4 Å². The average molecular weight is 283 g/mol. The molecule has 1 fully saturated rings. The number of aromatic nitrogens is 2. The number of anilines is 1. The first-order valence-corrected chi connectivity index (χ1v) is 7.67. The van der Waals surface area contributed by atoms with Crippen molar-refractivity contribution in [1.29, 1.82) is 0 Å². The highest BCUT2D eigenvalue weighted by Crippen LogP contribution is 2.24. The fraction of sp³-hybridized carbons (Fsp3) is 0.412. The SMILES string of the molecule is c1cnc(NCc2cccc(OC3CCCCC3)c2)nc1. The van der Waals surface area contributed by atoms with Gasteiger partial charge in [-0.2, -0.15) is 0 Å². The number of ether oxygens (including phenoxy) is 1. The van der Waals surface area contributed by atoms with E-state index >= 15 is 0 Å². The lowest BCUT2D eigenvalue weighted by Gasteiger charge is -2.23. The number of rotatable bonds is 5. The maximum absolute atomic E-state index is 6.09. The van der Waals surface area contributed by atoms with Gasteiger partial charge in [0.15, 0.2) is 0 Å². The molecule has 1 saturated carbocycles. The topological polar surface area (TPSA) is 47.0 Å². The highest BCUT2D eigenvalue weighted by Gasteiger charge is 2.14. The Kier molecular flexibility index (Phi) is 4.66. The summed E-state index contributed by atoms with van der Waals surface area (Å²) in [6, 6.07) is 10.1. The minimum Gasteiger partial charge on any atom is -0.490 e. The summed E-state index contributed by atoms with van der Waals surface area (Å²) in [4.78, 5) is 8.31. The highest BCUT2D eigenvalue weighted by molar-refractivity contribution is 5.32. The largest absolute Gasteiger partial charge is 0.490 e. The van der Waals surface area contributed by atoms with Crippen molar-refractivity contribution in [3.8, 4) is 5.75 Å².